The van der Waals surface area contributed by atoms with E-state index in [1.54, 1.807) is 17.5 Å². The van der Waals surface area contributed by atoms with Crippen LogP contribution in [0, 0.1) is 20.8 Å². The van der Waals surface area contributed by atoms with Gasteiger partial charge in [-0.15, -0.1) is 11.3 Å². The molecule has 200 valence electrons. The lowest BCUT2D eigenvalue weighted by Crippen LogP contribution is -2.30. The average Bonchev–Trinajstić information content (AvgIpc) is 3.67. The number of rotatable bonds is 6. The predicted molar refractivity (Wildman–Crippen MR) is 162 cm³/mol. The summed E-state index contributed by atoms with van der Waals surface area (Å²) in [7, 11) is 0. The van der Waals surface area contributed by atoms with Crippen LogP contribution < -0.4 is 10.2 Å². The van der Waals surface area contributed by atoms with Crippen molar-refractivity contribution in [2.75, 3.05) is 16.8 Å². The third-order valence-corrected chi connectivity index (χ3v) is 8.38. The lowest BCUT2D eigenvalue weighted by Gasteiger charge is -2.17. The molecular formula is C33H30N4O2S. The average molecular weight is 547 g/mol. The first-order chi connectivity index (χ1) is 19.4. The monoisotopic (exact) mass is 546 g/mol. The summed E-state index contributed by atoms with van der Waals surface area (Å²) in [4.78, 5) is 33.9. The molecule has 0 radical (unpaired) electrons. The molecule has 0 atom stereocenters. The first kappa shape index (κ1) is 25.8. The zero-order chi connectivity index (χ0) is 27.8. The van der Waals surface area contributed by atoms with Crippen LogP contribution in [-0.2, 0) is 17.6 Å². The zero-order valence-electron chi connectivity index (χ0n) is 22.8. The number of benzene rings is 3. The van der Waals surface area contributed by atoms with Gasteiger partial charge in [0.25, 0.3) is 5.91 Å². The van der Waals surface area contributed by atoms with Crippen LogP contribution in [0.5, 0.6) is 0 Å². The summed E-state index contributed by atoms with van der Waals surface area (Å²) in [6.45, 7) is 6.79. The van der Waals surface area contributed by atoms with Crippen LogP contribution in [-0.4, -0.2) is 27.9 Å². The Kier molecular flexibility index (Phi) is 6.82. The molecule has 2 amide bonds. The Labute approximate surface area is 237 Å². The van der Waals surface area contributed by atoms with Gasteiger partial charge >= 0.3 is 0 Å². The number of hydrogen-bond donors (Lipinski definition) is 1. The molecule has 0 spiro atoms. The number of thiazole rings is 1. The second kappa shape index (κ2) is 10.6. The molecule has 6 rings (SSSR count). The summed E-state index contributed by atoms with van der Waals surface area (Å²) in [6.07, 6.45) is 2.87. The van der Waals surface area contributed by atoms with Gasteiger partial charge in [-0.2, -0.15) is 0 Å². The first-order valence-corrected chi connectivity index (χ1v) is 14.2. The van der Waals surface area contributed by atoms with Gasteiger partial charge in [-0.3, -0.25) is 14.2 Å². The van der Waals surface area contributed by atoms with E-state index in [1.165, 1.54) is 5.56 Å². The number of carbonyl (C=O) groups excluding carboxylic acids is 2. The Morgan fingerprint density at radius 1 is 0.925 bits per heavy atom. The van der Waals surface area contributed by atoms with E-state index in [0.717, 1.165) is 55.9 Å². The van der Waals surface area contributed by atoms with Gasteiger partial charge in [0.15, 0.2) is 5.13 Å². The van der Waals surface area contributed by atoms with E-state index < -0.39 is 0 Å². The minimum absolute atomic E-state index is 0.0544. The van der Waals surface area contributed by atoms with Crippen molar-refractivity contribution >= 4 is 34.5 Å². The van der Waals surface area contributed by atoms with Crippen molar-refractivity contribution in [3.63, 3.8) is 0 Å². The van der Waals surface area contributed by atoms with Gasteiger partial charge in [0.05, 0.1) is 6.42 Å². The minimum atomic E-state index is -0.156. The lowest BCUT2D eigenvalue weighted by molar-refractivity contribution is -0.117. The standard InChI is InChI=1S/C33H30N4O2S/c1-21-8-12-24(13-9-21)28-6-4-5-7-29(28)32(39)35-26-14-15-30-25(18-26)16-17-36(30)31(38)19-27-20-34-33(40-27)37-22(2)10-11-23(37)3/h4-15,18,20H,16-17,19H2,1-3H3,(H,35,39). The lowest BCUT2D eigenvalue weighted by atomic mass is 9.98. The number of carbonyl (C=O) groups is 2. The van der Waals surface area contributed by atoms with Crippen molar-refractivity contribution < 1.29 is 9.59 Å². The van der Waals surface area contributed by atoms with Gasteiger partial charge in [-0.05, 0) is 80.3 Å². The number of aromatic nitrogens is 2. The van der Waals surface area contributed by atoms with Crippen LogP contribution in [0.15, 0.2) is 85.1 Å². The first-order valence-electron chi connectivity index (χ1n) is 13.4. The molecule has 40 heavy (non-hydrogen) atoms. The predicted octanol–water partition coefficient (Wildman–Crippen LogP) is 6.91. The normalized spacial score (nSPS) is 12.4. The highest BCUT2D eigenvalue weighted by Gasteiger charge is 2.26. The summed E-state index contributed by atoms with van der Waals surface area (Å²) in [5.74, 6) is -0.102. The van der Waals surface area contributed by atoms with Crippen LogP contribution >= 0.6 is 11.3 Å². The smallest absolute Gasteiger partial charge is 0.256 e. The highest BCUT2D eigenvalue weighted by atomic mass is 32.1. The van der Waals surface area contributed by atoms with Crippen LogP contribution in [0.1, 0.15) is 37.7 Å². The summed E-state index contributed by atoms with van der Waals surface area (Å²) in [5.41, 5.74) is 8.64. The van der Waals surface area contributed by atoms with Gasteiger partial charge in [0, 0.05) is 45.9 Å². The third kappa shape index (κ3) is 4.96. The second-order valence-corrected chi connectivity index (χ2v) is 11.3. The molecule has 1 aliphatic rings. The van der Waals surface area contributed by atoms with Crippen molar-refractivity contribution in [3.05, 3.63) is 118 Å². The minimum Gasteiger partial charge on any atom is -0.322 e. The van der Waals surface area contributed by atoms with E-state index in [4.69, 9.17) is 0 Å². The number of hydrogen-bond acceptors (Lipinski definition) is 4. The molecule has 1 aliphatic heterocycles. The molecule has 3 aromatic carbocycles. The molecule has 0 aliphatic carbocycles. The molecule has 0 unspecified atom stereocenters. The van der Waals surface area contributed by atoms with Crippen LogP contribution in [0.4, 0.5) is 11.4 Å². The van der Waals surface area contributed by atoms with Crippen molar-refractivity contribution in [1.82, 2.24) is 9.55 Å². The molecule has 0 fully saturated rings. The van der Waals surface area contributed by atoms with E-state index in [0.29, 0.717) is 18.5 Å². The zero-order valence-corrected chi connectivity index (χ0v) is 23.6. The molecular weight excluding hydrogens is 516 g/mol. The molecule has 3 heterocycles. The van der Waals surface area contributed by atoms with E-state index in [2.05, 4.69) is 53.0 Å². The van der Waals surface area contributed by atoms with Gasteiger partial charge in [0.1, 0.15) is 0 Å². The van der Waals surface area contributed by atoms with Crippen molar-refractivity contribution in [3.8, 4) is 16.3 Å². The maximum Gasteiger partial charge on any atom is 0.256 e. The highest BCUT2D eigenvalue weighted by molar-refractivity contribution is 7.14. The largest absolute Gasteiger partial charge is 0.322 e. The molecule has 0 saturated heterocycles. The SMILES string of the molecule is Cc1ccc(-c2ccccc2C(=O)Nc2ccc3c(c2)CCN3C(=O)Cc2cnc(-n3c(C)ccc3C)s2)cc1. The van der Waals surface area contributed by atoms with E-state index in [9.17, 15) is 9.59 Å². The second-order valence-electron chi connectivity index (χ2n) is 10.2. The fourth-order valence-electron chi connectivity index (χ4n) is 5.30. The van der Waals surface area contributed by atoms with Crippen molar-refractivity contribution in [2.45, 2.75) is 33.6 Å². The Morgan fingerprint density at radius 2 is 1.68 bits per heavy atom. The van der Waals surface area contributed by atoms with Crippen LogP contribution in [0.25, 0.3) is 16.3 Å². The van der Waals surface area contributed by atoms with Gasteiger partial charge < -0.3 is 10.2 Å². The summed E-state index contributed by atoms with van der Waals surface area (Å²) < 4.78 is 2.11. The van der Waals surface area contributed by atoms with Gasteiger partial charge in [-0.25, -0.2) is 4.98 Å². The maximum absolute atomic E-state index is 13.3. The Morgan fingerprint density at radius 3 is 2.45 bits per heavy atom. The number of fused-ring (bicyclic) bond motifs is 1. The Bertz CT molecular complexity index is 1710. The number of aryl methyl sites for hydroxylation is 3. The van der Waals surface area contributed by atoms with Crippen molar-refractivity contribution in [1.29, 1.82) is 0 Å². The fourth-order valence-corrected chi connectivity index (χ4v) is 6.32. The maximum atomic E-state index is 13.3. The number of nitrogens with zero attached hydrogens (tertiary/aromatic N) is 3. The molecule has 7 heteroatoms. The van der Waals surface area contributed by atoms with Crippen LogP contribution in [0.3, 0.4) is 0 Å². The Balaban J connectivity index is 1.16. The third-order valence-electron chi connectivity index (χ3n) is 7.40. The van der Waals surface area contributed by atoms with Crippen LogP contribution in [0.2, 0.25) is 0 Å². The highest BCUT2D eigenvalue weighted by Crippen LogP contribution is 2.32. The Hall–Kier alpha value is -4.49. The quantitative estimate of drug-likeness (QED) is 0.252. The molecule has 2 aromatic heterocycles. The molecule has 0 bridgehead atoms. The van der Waals surface area contributed by atoms with E-state index in [-0.39, 0.29) is 11.8 Å². The topological polar surface area (TPSA) is 67.2 Å². The molecule has 0 saturated carbocycles. The molecule has 1 N–H and O–H groups in total. The van der Waals surface area contributed by atoms with E-state index in [1.807, 2.05) is 66.4 Å². The van der Waals surface area contributed by atoms with Gasteiger partial charge in [-0.1, -0.05) is 48.0 Å². The summed E-state index contributed by atoms with van der Waals surface area (Å²) >= 11 is 1.55. The number of anilines is 2. The summed E-state index contributed by atoms with van der Waals surface area (Å²) in [5, 5.41) is 3.95. The molecule has 6 nitrogen and oxygen atoms in total. The van der Waals surface area contributed by atoms with Gasteiger partial charge in [0.2, 0.25) is 5.91 Å². The molecule has 5 aromatic rings. The van der Waals surface area contributed by atoms with E-state index >= 15 is 0 Å². The fraction of sp³-hybridized carbons (Fsp3) is 0.182. The number of amides is 2. The van der Waals surface area contributed by atoms with Crippen molar-refractivity contribution in [2.24, 2.45) is 0 Å². The number of nitrogens with one attached hydrogen (secondary N) is 1. The summed E-state index contributed by atoms with van der Waals surface area (Å²) in [6, 6.07) is 25.8.